The van der Waals surface area contributed by atoms with Crippen LogP contribution in [0.5, 0.6) is 0 Å². The Morgan fingerprint density at radius 3 is 1.88 bits per heavy atom. The minimum Gasteiger partial charge on any atom is -0.389 e. The zero-order valence-corrected chi connectivity index (χ0v) is 5.59. The SMILES string of the molecule is C=CC(O)C(C)C.N. The first-order chi connectivity index (χ1) is 3.18. The molecule has 8 heavy (non-hydrogen) atoms. The normalized spacial score (nSPS) is 12.5. The van der Waals surface area contributed by atoms with Crippen molar-refractivity contribution in [3.8, 4) is 0 Å². The van der Waals surface area contributed by atoms with Crippen molar-refractivity contribution in [3.63, 3.8) is 0 Å². The van der Waals surface area contributed by atoms with Crippen molar-refractivity contribution in [2.45, 2.75) is 20.0 Å². The second-order valence-corrected chi connectivity index (χ2v) is 1.97. The molecule has 0 bridgehead atoms. The van der Waals surface area contributed by atoms with Crippen LogP contribution in [0.25, 0.3) is 0 Å². The Labute approximate surface area is 50.8 Å². The van der Waals surface area contributed by atoms with Gasteiger partial charge in [-0.15, -0.1) is 6.58 Å². The fraction of sp³-hybridized carbons (Fsp3) is 0.667. The van der Waals surface area contributed by atoms with E-state index in [1.165, 1.54) is 0 Å². The van der Waals surface area contributed by atoms with Gasteiger partial charge in [-0.3, -0.25) is 0 Å². The van der Waals surface area contributed by atoms with Crippen LogP contribution in [0.2, 0.25) is 0 Å². The van der Waals surface area contributed by atoms with Crippen molar-refractivity contribution in [2.24, 2.45) is 5.92 Å². The van der Waals surface area contributed by atoms with Gasteiger partial charge in [0.25, 0.3) is 0 Å². The average Bonchev–Trinajstić information content (AvgIpc) is 1.65. The monoisotopic (exact) mass is 117 g/mol. The molecule has 2 nitrogen and oxygen atoms in total. The van der Waals surface area contributed by atoms with Crippen molar-refractivity contribution in [1.82, 2.24) is 6.15 Å². The number of hydrogen-bond acceptors (Lipinski definition) is 2. The van der Waals surface area contributed by atoms with Crippen LogP contribution in [-0.4, -0.2) is 11.2 Å². The maximum absolute atomic E-state index is 8.82. The Balaban J connectivity index is 0. The lowest BCUT2D eigenvalue weighted by molar-refractivity contribution is 0.172. The van der Waals surface area contributed by atoms with Crippen LogP contribution in [0.4, 0.5) is 0 Å². The summed E-state index contributed by atoms with van der Waals surface area (Å²) in [7, 11) is 0. The predicted octanol–water partition coefficient (Wildman–Crippen LogP) is 1.35. The summed E-state index contributed by atoms with van der Waals surface area (Å²) in [6.45, 7) is 7.33. The van der Waals surface area contributed by atoms with Crippen molar-refractivity contribution in [2.75, 3.05) is 0 Å². The molecule has 0 aliphatic rings. The van der Waals surface area contributed by atoms with Gasteiger partial charge >= 0.3 is 0 Å². The van der Waals surface area contributed by atoms with Gasteiger partial charge in [0.1, 0.15) is 0 Å². The molecule has 0 aromatic rings. The van der Waals surface area contributed by atoms with Crippen LogP contribution in [-0.2, 0) is 0 Å². The molecule has 0 aliphatic heterocycles. The summed E-state index contributed by atoms with van der Waals surface area (Å²) in [5, 5.41) is 8.82. The van der Waals surface area contributed by atoms with Crippen LogP contribution in [0, 0.1) is 5.92 Å². The Kier molecular flexibility index (Phi) is 6.38. The van der Waals surface area contributed by atoms with Gasteiger partial charge in [0.2, 0.25) is 0 Å². The van der Waals surface area contributed by atoms with Crippen molar-refractivity contribution >= 4 is 0 Å². The molecule has 0 amide bonds. The van der Waals surface area contributed by atoms with Crippen LogP contribution in [0.15, 0.2) is 12.7 Å². The Morgan fingerprint density at radius 1 is 1.50 bits per heavy atom. The fourth-order valence-corrected chi connectivity index (χ4v) is 0.272. The van der Waals surface area contributed by atoms with E-state index in [1.54, 1.807) is 6.08 Å². The van der Waals surface area contributed by atoms with E-state index in [0.717, 1.165) is 0 Å². The summed E-state index contributed by atoms with van der Waals surface area (Å²) in [6.07, 6.45) is 1.21. The first kappa shape index (κ1) is 10.6. The molecule has 0 heterocycles. The summed E-state index contributed by atoms with van der Waals surface area (Å²) in [4.78, 5) is 0. The molecule has 0 aromatic heterocycles. The van der Waals surface area contributed by atoms with E-state index in [1.807, 2.05) is 13.8 Å². The van der Waals surface area contributed by atoms with E-state index in [2.05, 4.69) is 6.58 Å². The lowest BCUT2D eigenvalue weighted by Gasteiger charge is -2.06. The Hall–Kier alpha value is -0.340. The third kappa shape index (κ3) is 3.84. The first-order valence-corrected chi connectivity index (χ1v) is 2.49. The molecule has 0 saturated carbocycles. The maximum atomic E-state index is 8.82. The van der Waals surface area contributed by atoms with E-state index in [-0.39, 0.29) is 12.3 Å². The van der Waals surface area contributed by atoms with Gasteiger partial charge in [-0.1, -0.05) is 19.9 Å². The largest absolute Gasteiger partial charge is 0.389 e. The Morgan fingerprint density at radius 2 is 1.88 bits per heavy atom. The summed E-state index contributed by atoms with van der Waals surface area (Å²) in [6, 6.07) is 0. The van der Waals surface area contributed by atoms with E-state index in [9.17, 15) is 0 Å². The average molecular weight is 117 g/mol. The molecule has 0 fully saturated rings. The van der Waals surface area contributed by atoms with Gasteiger partial charge < -0.3 is 11.3 Å². The second kappa shape index (κ2) is 4.81. The molecule has 0 rings (SSSR count). The molecule has 4 N–H and O–H groups in total. The zero-order chi connectivity index (χ0) is 5.86. The number of rotatable bonds is 2. The van der Waals surface area contributed by atoms with Crippen molar-refractivity contribution < 1.29 is 5.11 Å². The molecule has 2 heteroatoms. The van der Waals surface area contributed by atoms with E-state index in [0.29, 0.717) is 5.92 Å². The van der Waals surface area contributed by atoms with Crippen LogP contribution < -0.4 is 6.15 Å². The quantitative estimate of drug-likeness (QED) is 0.536. The topological polar surface area (TPSA) is 55.2 Å². The van der Waals surface area contributed by atoms with Crippen LogP contribution in [0.3, 0.4) is 0 Å². The smallest absolute Gasteiger partial charge is 0.0741 e. The number of hydrogen-bond donors (Lipinski definition) is 2. The van der Waals surface area contributed by atoms with Gasteiger partial charge in [-0.05, 0) is 5.92 Å². The van der Waals surface area contributed by atoms with Gasteiger partial charge in [0.15, 0.2) is 0 Å². The molecule has 1 unspecified atom stereocenters. The third-order valence-corrected chi connectivity index (χ3v) is 0.925. The van der Waals surface area contributed by atoms with Gasteiger partial charge in [-0.25, -0.2) is 0 Å². The second-order valence-electron chi connectivity index (χ2n) is 1.97. The predicted molar refractivity (Wildman–Crippen MR) is 36.1 cm³/mol. The molecule has 0 aromatic carbocycles. The molecule has 1 atom stereocenters. The summed E-state index contributed by atoms with van der Waals surface area (Å²) in [5.74, 6) is 0.303. The molecule has 0 radical (unpaired) electrons. The summed E-state index contributed by atoms with van der Waals surface area (Å²) in [5.41, 5.74) is 0. The summed E-state index contributed by atoms with van der Waals surface area (Å²) < 4.78 is 0. The van der Waals surface area contributed by atoms with Crippen LogP contribution >= 0.6 is 0 Å². The molecular formula is C6H15NO. The van der Waals surface area contributed by atoms with Gasteiger partial charge in [-0.2, -0.15) is 0 Å². The van der Waals surface area contributed by atoms with E-state index in [4.69, 9.17) is 5.11 Å². The highest BCUT2D eigenvalue weighted by molar-refractivity contribution is 4.79. The fourth-order valence-electron chi connectivity index (χ4n) is 0.272. The molecule has 0 aliphatic carbocycles. The minimum absolute atomic E-state index is 0. The highest BCUT2D eigenvalue weighted by Gasteiger charge is 2.00. The van der Waals surface area contributed by atoms with Crippen LogP contribution in [0.1, 0.15) is 13.8 Å². The summed E-state index contributed by atoms with van der Waals surface area (Å²) >= 11 is 0. The zero-order valence-electron chi connectivity index (χ0n) is 5.59. The molecule has 0 spiro atoms. The number of aliphatic hydroxyl groups excluding tert-OH is 1. The van der Waals surface area contributed by atoms with Gasteiger partial charge in [0, 0.05) is 0 Å². The molecular weight excluding hydrogens is 102 g/mol. The standard InChI is InChI=1S/C6H12O.H3N/c1-4-6(7)5(2)3;/h4-7H,1H2,2-3H3;1H3. The highest BCUT2D eigenvalue weighted by Crippen LogP contribution is 1.99. The minimum atomic E-state index is -0.333. The lowest BCUT2D eigenvalue weighted by atomic mass is 10.1. The Bertz CT molecular complexity index is 61.5. The van der Waals surface area contributed by atoms with Gasteiger partial charge in [0.05, 0.1) is 6.10 Å². The first-order valence-electron chi connectivity index (χ1n) is 2.49. The van der Waals surface area contributed by atoms with E-state index >= 15 is 0 Å². The maximum Gasteiger partial charge on any atom is 0.0741 e. The van der Waals surface area contributed by atoms with Crippen molar-refractivity contribution in [1.29, 1.82) is 0 Å². The number of aliphatic hydroxyl groups is 1. The lowest BCUT2D eigenvalue weighted by Crippen LogP contribution is -2.09. The van der Waals surface area contributed by atoms with Crippen molar-refractivity contribution in [3.05, 3.63) is 12.7 Å². The third-order valence-electron chi connectivity index (χ3n) is 0.925. The molecule has 0 saturated heterocycles. The van der Waals surface area contributed by atoms with E-state index < -0.39 is 0 Å². The highest BCUT2D eigenvalue weighted by atomic mass is 16.3. The molecule has 50 valence electrons.